The van der Waals surface area contributed by atoms with Gasteiger partial charge in [-0.3, -0.25) is 0 Å². The Balaban J connectivity index is 0.000000241. The maximum absolute atomic E-state index is 4.67. The minimum Gasteiger partial charge on any atom is -0.236 e. The van der Waals surface area contributed by atoms with E-state index in [2.05, 4.69) is 121 Å². The van der Waals surface area contributed by atoms with E-state index in [0.29, 0.717) is 0 Å². The van der Waals surface area contributed by atoms with Gasteiger partial charge in [-0.2, -0.15) is 0 Å². The number of hydrogen-bond acceptors (Lipinski definition) is 4. The number of hydrogen-bond donors (Lipinski definition) is 0. The summed E-state index contributed by atoms with van der Waals surface area (Å²) in [6, 6.07) is 17.6. The number of rotatable bonds is 28. The van der Waals surface area contributed by atoms with Crippen molar-refractivity contribution in [2.75, 3.05) is 0 Å². The van der Waals surface area contributed by atoms with Crippen LogP contribution in [-0.2, 0) is 25.7 Å². The second kappa shape index (κ2) is 31.5. The normalized spacial score (nSPS) is 18.7. The second-order valence-corrected chi connectivity index (χ2v) is 20.4. The first-order valence-electron chi connectivity index (χ1n) is 27.4. The van der Waals surface area contributed by atoms with Crippen LogP contribution in [0.25, 0.3) is 22.8 Å². The van der Waals surface area contributed by atoms with Gasteiger partial charge >= 0.3 is 0 Å². The van der Waals surface area contributed by atoms with Crippen LogP contribution in [0.2, 0.25) is 0 Å². The van der Waals surface area contributed by atoms with Crippen LogP contribution in [-0.4, -0.2) is 19.9 Å². The molecule has 2 aromatic heterocycles. The lowest BCUT2D eigenvalue weighted by Crippen LogP contribution is -2.15. The van der Waals surface area contributed by atoms with E-state index in [4.69, 9.17) is 0 Å². The average Bonchev–Trinajstić information content (AvgIpc) is 3.35. The quantitative estimate of drug-likeness (QED) is 0.0534. The van der Waals surface area contributed by atoms with Crippen LogP contribution in [0.1, 0.15) is 230 Å². The largest absolute Gasteiger partial charge is 0.236 e. The Labute approximate surface area is 393 Å². The summed E-state index contributed by atoms with van der Waals surface area (Å²) in [5.41, 5.74) is 7.66. The van der Waals surface area contributed by atoms with E-state index in [0.717, 1.165) is 72.1 Å². The van der Waals surface area contributed by atoms with E-state index in [1.807, 2.05) is 0 Å². The minimum atomic E-state index is 0.852. The Morgan fingerprint density at radius 3 is 0.938 bits per heavy atom. The van der Waals surface area contributed by atoms with Crippen LogP contribution >= 0.6 is 0 Å². The van der Waals surface area contributed by atoms with Crippen molar-refractivity contribution in [3.63, 3.8) is 0 Å². The molecule has 0 aliphatic heterocycles. The van der Waals surface area contributed by atoms with E-state index >= 15 is 0 Å². The third kappa shape index (κ3) is 20.0. The zero-order valence-electron chi connectivity index (χ0n) is 41.7. The lowest BCUT2D eigenvalue weighted by Gasteiger charge is -2.28. The molecule has 6 rings (SSSR count). The van der Waals surface area contributed by atoms with Gasteiger partial charge in [0.05, 0.1) is 0 Å². The van der Waals surface area contributed by atoms with Crippen molar-refractivity contribution in [1.82, 2.24) is 19.9 Å². The fraction of sp³-hybridized carbons (Fsp3) is 0.667. The molecule has 2 aliphatic rings. The molecule has 2 saturated carbocycles. The molecule has 2 aromatic carbocycles. The molecule has 0 unspecified atom stereocenters. The Kier molecular flexibility index (Phi) is 25.4. The summed E-state index contributed by atoms with van der Waals surface area (Å²) in [4.78, 5) is 18.7. The summed E-state index contributed by atoms with van der Waals surface area (Å²) < 4.78 is 0. The first-order valence-corrected chi connectivity index (χ1v) is 27.4. The van der Waals surface area contributed by atoms with Crippen molar-refractivity contribution in [3.05, 3.63) is 95.6 Å². The van der Waals surface area contributed by atoms with Crippen LogP contribution in [0, 0.1) is 23.7 Å². The molecule has 0 radical (unpaired) electrons. The third-order valence-corrected chi connectivity index (χ3v) is 15.0. The molecule has 0 saturated heterocycles. The summed E-state index contributed by atoms with van der Waals surface area (Å²) in [5, 5.41) is 0. The Hall–Kier alpha value is -3.40. The summed E-state index contributed by atoms with van der Waals surface area (Å²) >= 11 is 0. The summed E-state index contributed by atoms with van der Waals surface area (Å²) in [7, 11) is 0. The number of unbranched alkanes of at least 4 members (excludes halogenated alkanes) is 12. The zero-order valence-corrected chi connectivity index (χ0v) is 41.7. The van der Waals surface area contributed by atoms with Gasteiger partial charge in [-0.15, -0.1) is 0 Å². The van der Waals surface area contributed by atoms with Gasteiger partial charge in [-0.25, -0.2) is 19.9 Å². The molecule has 2 heterocycles. The molecule has 352 valence electrons. The Bertz CT molecular complexity index is 1710. The fourth-order valence-electron chi connectivity index (χ4n) is 10.5. The minimum absolute atomic E-state index is 0.852. The molecule has 4 nitrogen and oxygen atoms in total. The third-order valence-electron chi connectivity index (χ3n) is 15.0. The Morgan fingerprint density at radius 2 is 0.609 bits per heavy atom. The highest BCUT2D eigenvalue weighted by molar-refractivity contribution is 5.56. The number of aryl methyl sites for hydroxylation is 4. The van der Waals surface area contributed by atoms with Gasteiger partial charge in [0.2, 0.25) is 0 Å². The van der Waals surface area contributed by atoms with E-state index in [1.54, 1.807) is 0 Å². The second-order valence-electron chi connectivity index (χ2n) is 20.4. The number of benzene rings is 2. The van der Waals surface area contributed by atoms with E-state index in [1.165, 1.54) is 202 Å². The van der Waals surface area contributed by atoms with Crippen LogP contribution in [0.3, 0.4) is 0 Å². The van der Waals surface area contributed by atoms with Crippen LogP contribution in [0.15, 0.2) is 73.3 Å². The molecular weight excluding hydrogens is 777 g/mol. The number of nitrogens with zero attached hydrogens (tertiary/aromatic N) is 4. The molecule has 2 fully saturated rings. The lowest BCUT2D eigenvalue weighted by molar-refractivity contribution is 0.248. The highest BCUT2D eigenvalue weighted by atomic mass is 14.9. The smallest absolute Gasteiger partial charge is 0.159 e. The van der Waals surface area contributed by atoms with Crippen molar-refractivity contribution in [3.8, 4) is 22.8 Å². The molecule has 0 amide bonds. The van der Waals surface area contributed by atoms with E-state index in [-0.39, 0.29) is 0 Å². The van der Waals surface area contributed by atoms with Gasteiger partial charge in [0.25, 0.3) is 0 Å². The monoisotopic (exact) mass is 869 g/mol. The maximum atomic E-state index is 4.67. The average molecular weight is 869 g/mol. The molecule has 4 aromatic rings. The topological polar surface area (TPSA) is 51.6 Å². The van der Waals surface area contributed by atoms with Crippen molar-refractivity contribution in [2.45, 2.75) is 233 Å². The van der Waals surface area contributed by atoms with Gasteiger partial charge in [-0.1, -0.05) is 230 Å². The summed E-state index contributed by atoms with van der Waals surface area (Å²) in [5.74, 6) is 5.54. The van der Waals surface area contributed by atoms with Gasteiger partial charge in [-0.05, 0) is 97.3 Å². The molecule has 4 heteroatoms. The van der Waals surface area contributed by atoms with Crippen molar-refractivity contribution in [2.24, 2.45) is 23.7 Å². The van der Waals surface area contributed by atoms with E-state index < -0.39 is 0 Å². The summed E-state index contributed by atoms with van der Waals surface area (Å²) in [6.07, 6.45) is 52.1. The number of aromatic nitrogens is 4. The summed E-state index contributed by atoms with van der Waals surface area (Å²) in [6.45, 7) is 9.08. The molecule has 64 heavy (non-hydrogen) atoms. The zero-order chi connectivity index (χ0) is 44.9. The molecule has 0 atom stereocenters. The van der Waals surface area contributed by atoms with Crippen molar-refractivity contribution < 1.29 is 0 Å². The highest BCUT2D eigenvalue weighted by Gasteiger charge is 2.22. The van der Waals surface area contributed by atoms with Gasteiger partial charge < -0.3 is 0 Å². The molecule has 2 aliphatic carbocycles. The predicted molar refractivity (Wildman–Crippen MR) is 276 cm³/mol. The van der Waals surface area contributed by atoms with Crippen molar-refractivity contribution in [1.29, 1.82) is 0 Å². The van der Waals surface area contributed by atoms with Gasteiger partial charge in [0.1, 0.15) is 0 Å². The lowest BCUT2D eigenvalue weighted by atomic mass is 9.78. The van der Waals surface area contributed by atoms with Gasteiger partial charge in [0, 0.05) is 35.9 Å². The molecule has 0 spiro atoms. The van der Waals surface area contributed by atoms with Crippen LogP contribution in [0.4, 0.5) is 0 Å². The molecule has 0 bridgehead atoms. The van der Waals surface area contributed by atoms with Crippen LogP contribution in [0.5, 0.6) is 0 Å². The standard InChI is InChI=1S/C31H48N2.C29H44N2/c1-3-5-7-8-9-10-11-13-27-14-16-28(17-15-27)18-19-29-24-32-31(33-25-29)30-22-20-26(21-23-30)12-6-4-2;1-3-5-7-8-9-11-25-12-14-26(15-13-25)16-17-27-22-30-29(31-23-27)28-20-18-24(19-21-28)10-6-4-2/h20-25,27-28H,3-19H2,1-2H3;18-23,25-26H,3-17H2,1-2H3. The first-order chi connectivity index (χ1) is 31.6. The highest BCUT2D eigenvalue weighted by Crippen LogP contribution is 2.36. The van der Waals surface area contributed by atoms with Crippen molar-refractivity contribution >= 4 is 0 Å². The van der Waals surface area contributed by atoms with E-state index in [9.17, 15) is 0 Å². The van der Waals surface area contributed by atoms with Gasteiger partial charge in [0.15, 0.2) is 11.6 Å². The fourth-order valence-corrected chi connectivity index (χ4v) is 10.5. The first kappa shape index (κ1) is 51.6. The maximum Gasteiger partial charge on any atom is 0.159 e. The predicted octanol–water partition coefficient (Wildman–Crippen LogP) is 18.0. The SMILES string of the molecule is CCCCCCCC1CCC(CCc2cnc(-c3ccc(CCCC)cc3)nc2)CC1.CCCCCCCCCC1CCC(CCc2cnc(-c3ccc(CCCC)cc3)nc2)CC1. The molecular formula is C60H92N4. The Morgan fingerprint density at radius 1 is 0.312 bits per heavy atom. The van der Waals surface area contributed by atoms with Crippen LogP contribution < -0.4 is 0 Å². The molecule has 0 N–H and O–H groups in total.